The monoisotopic (exact) mass is 389 g/mol. The molecule has 0 saturated heterocycles. The van der Waals surface area contributed by atoms with E-state index >= 15 is 0 Å². The van der Waals surface area contributed by atoms with E-state index in [0.29, 0.717) is 5.56 Å². The normalized spacial score (nSPS) is 14.6. The van der Waals surface area contributed by atoms with E-state index in [0.717, 1.165) is 17.7 Å². The molecule has 0 spiro atoms. The van der Waals surface area contributed by atoms with Gasteiger partial charge in [-0.2, -0.15) is 18.3 Å². The Morgan fingerprint density at radius 1 is 1.00 bits per heavy atom. The number of rotatable bonds is 5. The van der Waals surface area contributed by atoms with Gasteiger partial charge in [0.05, 0.1) is 12.1 Å². The molecule has 0 unspecified atom stereocenters. The van der Waals surface area contributed by atoms with Crippen LogP contribution < -0.4 is 5.32 Å². The number of halogens is 3. The third-order valence-corrected chi connectivity index (χ3v) is 4.28. The number of nitrogens with one attached hydrogen (secondary N) is 1. The average Bonchev–Trinajstić information content (AvgIpc) is 2.68. The minimum Gasteiger partial charge on any atom is -0.347 e. The Balaban J connectivity index is 1.61. The van der Waals surface area contributed by atoms with E-state index in [4.69, 9.17) is 0 Å². The summed E-state index contributed by atoms with van der Waals surface area (Å²) >= 11 is 0. The fourth-order valence-electron chi connectivity index (χ4n) is 2.74. The molecule has 1 aliphatic heterocycles. The summed E-state index contributed by atoms with van der Waals surface area (Å²) < 4.78 is 37.8. The van der Waals surface area contributed by atoms with Crippen molar-refractivity contribution >= 4 is 17.5 Å². The van der Waals surface area contributed by atoms with Crippen LogP contribution in [0.2, 0.25) is 0 Å². The second kappa shape index (κ2) is 8.24. The molecule has 0 radical (unpaired) electrons. The van der Waals surface area contributed by atoms with Crippen molar-refractivity contribution in [3.63, 3.8) is 0 Å². The summed E-state index contributed by atoms with van der Waals surface area (Å²) in [6.45, 7) is 0.345. The van der Waals surface area contributed by atoms with Gasteiger partial charge in [0.25, 0.3) is 5.91 Å². The number of benzene rings is 2. The summed E-state index contributed by atoms with van der Waals surface area (Å²) in [5.74, 6) is -0.603. The van der Waals surface area contributed by atoms with Crippen LogP contribution in [-0.4, -0.2) is 22.5 Å². The molecule has 8 heteroatoms. The maximum atomic E-state index is 12.6. The van der Waals surface area contributed by atoms with Gasteiger partial charge in [-0.05, 0) is 23.3 Å². The van der Waals surface area contributed by atoms with Crippen LogP contribution in [0.25, 0.3) is 0 Å². The van der Waals surface area contributed by atoms with Crippen LogP contribution in [-0.2, 0) is 28.9 Å². The van der Waals surface area contributed by atoms with Gasteiger partial charge >= 0.3 is 6.18 Å². The zero-order valence-corrected chi connectivity index (χ0v) is 14.9. The SMILES string of the molecule is O=C(NCc1ccc(C(F)(F)F)cc1)C1=NN(Cc2ccccc2)C(=O)CC1. The topological polar surface area (TPSA) is 61.8 Å². The molecule has 5 nitrogen and oxygen atoms in total. The zero-order chi connectivity index (χ0) is 20.1. The molecule has 1 heterocycles. The largest absolute Gasteiger partial charge is 0.416 e. The molecule has 2 aromatic rings. The number of amides is 2. The Morgan fingerprint density at radius 3 is 2.32 bits per heavy atom. The smallest absolute Gasteiger partial charge is 0.347 e. The lowest BCUT2D eigenvalue weighted by Gasteiger charge is -2.23. The van der Waals surface area contributed by atoms with E-state index in [1.807, 2.05) is 30.3 Å². The predicted molar refractivity (Wildman–Crippen MR) is 97.0 cm³/mol. The maximum Gasteiger partial charge on any atom is 0.416 e. The van der Waals surface area contributed by atoms with Crippen molar-refractivity contribution in [1.82, 2.24) is 10.3 Å². The molecule has 0 atom stereocenters. The van der Waals surface area contributed by atoms with Gasteiger partial charge in [0, 0.05) is 19.4 Å². The minimum absolute atomic E-state index is 0.0720. The van der Waals surface area contributed by atoms with Crippen LogP contribution in [0.3, 0.4) is 0 Å². The number of hydrogen-bond donors (Lipinski definition) is 1. The van der Waals surface area contributed by atoms with Crippen LogP contribution >= 0.6 is 0 Å². The Morgan fingerprint density at radius 2 is 1.68 bits per heavy atom. The quantitative estimate of drug-likeness (QED) is 0.851. The molecule has 0 saturated carbocycles. The molecule has 0 aliphatic carbocycles. The predicted octanol–water partition coefficient (Wildman–Crippen LogP) is 3.50. The molecule has 146 valence electrons. The first kappa shape index (κ1) is 19.6. The van der Waals surface area contributed by atoms with Gasteiger partial charge in [0.2, 0.25) is 5.91 Å². The van der Waals surface area contributed by atoms with E-state index in [-0.39, 0.29) is 37.6 Å². The van der Waals surface area contributed by atoms with Crippen LogP contribution in [0, 0.1) is 0 Å². The molecule has 1 aliphatic rings. The van der Waals surface area contributed by atoms with E-state index in [1.165, 1.54) is 17.1 Å². The minimum atomic E-state index is -4.40. The number of carbonyl (C=O) groups excluding carboxylic acids is 2. The van der Waals surface area contributed by atoms with E-state index in [2.05, 4.69) is 10.4 Å². The summed E-state index contributed by atoms with van der Waals surface area (Å²) in [5.41, 5.74) is 0.915. The average molecular weight is 389 g/mol. The maximum absolute atomic E-state index is 12.6. The highest BCUT2D eigenvalue weighted by Gasteiger charge is 2.30. The van der Waals surface area contributed by atoms with Crippen LogP contribution in [0.1, 0.15) is 29.5 Å². The van der Waals surface area contributed by atoms with Crippen LogP contribution in [0.15, 0.2) is 59.7 Å². The molecule has 0 fully saturated rings. The first-order chi connectivity index (χ1) is 13.3. The summed E-state index contributed by atoms with van der Waals surface area (Å²) in [4.78, 5) is 24.4. The second-order valence-electron chi connectivity index (χ2n) is 6.36. The molecular formula is C20H18F3N3O2. The Hall–Kier alpha value is -3.16. The van der Waals surface area contributed by atoms with Gasteiger partial charge in [0.15, 0.2) is 0 Å². The van der Waals surface area contributed by atoms with Crippen molar-refractivity contribution in [1.29, 1.82) is 0 Å². The molecule has 1 N–H and O–H groups in total. The summed E-state index contributed by atoms with van der Waals surface area (Å²) in [5, 5.41) is 8.06. The standard InChI is InChI=1S/C20H18F3N3O2/c21-20(22,23)16-8-6-14(7-9-16)12-24-19(28)17-10-11-18(27)26(25-17)13-15-4-2-1-3-5-15/h1-9H,10-13H2,(H,24,28). The third kappa shape index (κ3) is 4.97. The molecule has 2 amide bonds. The van der Waals surface area contributed by atoms with E-state index in [1.54, 1.807) is 0 Å². The van der Waals surface area contributed by atoms with Crippen molar-refractivity contribution in [2.75, 3.05) is 0 Å². The number of carbonyl (C=O) groups is 2. The van der Waals surface area contributed by atoms with Gasteiger partial charge in [-0.25, -0.2) is 5.01 Å². The second-order valence-corrected chi connectivity index (χ2v) is 6.36. The molecule has 3 rings (SSSR count). The number of alkyl halides is 3. The fraction of sp³-hybridized carbons (Fsp3) is 0.250. The number of hydrazone groups is 1. The van der Waals surface area contributed by atoms with Gasteiger partial charge in [-0.15, -0.1) is 0 Å². The highest BCUT2D eigenvalue weighted by molar-refractivity contribution is 6.39. The lowest BCUT2D eigenvalue weighted by molar-refractivity contribution is -0.137. The first-order valence-electron chi connectivity index (χ1n) is 8.69. The lowest BCUT2D eigenvalue weighted by atomic mass is 10.1. The summed E-state index contributed by atoms with van der Waals surface area (Å²) in [6, 6.07) is 13.9. The third-order valence-electron chi connectivity index (χ3n) is 4.28. The Bertz CT molecular complexity index is 878. The zero-order valence-electron chi connectivity index (χ0n) is 14.9. The highest BCUT2D eigenvalue weighted by atomic mass is 19.4. The van der Waals surface area contributed by atoms with Crippen LogP contribution in [0.4, 0.5) is 13.2 Å². The Kier molecular flexibility index (Phi) is 5.77. The van der Waals surface area contributed by atoms with Crippen molar-refractivity contribution in [2.24, 2.45) is 5.10 Å². The number of hydrogen-bond acceptors (Lipinski definition) is 3. The molecule has 0 aromatic heterocycles. The van der Waals surface area contributed by atoms with Gasteiger partial charge in [0.1, 0.15) is 5.71 Å². The molecule has 0 bridgehead atoms. The van der Waals surface area contributed by atoms with Crippen molar-refractivity contribution in [2.45, 2.75) is 32.1 Å². The fourth-order valence-corrected chi connectivity index (χ4v) is 2.74. The summed E-state index contributed by atoms with van der Waals surface area (Å²) in [6.07, 6.45) is -3.99. The molecule has 28 heavy (non-hydrogen) atoms. The van der Waals surface area contributed by atoms with Crippen molar-refractivity contribution in [3.8, 4) is 0 Å². The van der Waals surface area contributed by atoms with Gasteiger partial charge in [-0.1, -0.05) is 42.5 Å². The Labute approximate surface area is 159 Å². The van der Waals surface area contributed by atoms with E-state index in [9.17, 15) is 22.8 Å². The molecule has 2 aromatic carbocycles. The van der Waals surface area contributed by atoms with Gasteiger partial charge < -0.3 is 5.32 Å². The van der Waals surface area contributed by atoms with Crippen LogP contribution in [0.5, 0.6) is 0 Å². The molecular weight excluding hydrogens is 371 g/mol. The van der Waals surface area contributed by atoms with E-state index < -0.39 is 17.6 Å². The highest BCUT2D eigenvalue weighted by Crippen LogP contribution is 2.29. The van der Waals surface area contributed by atoms with Gasteiger partial charge in [-0.3, -0.25) is 9.59 Å². The summed E-state index contributed by atoms with van der Waals surface area (Å²) in [7, 11) is 0. The first-order valence-corrected chi connectivity index (χ1v) is 8.69. The number of nitrogens with zero attached hydrogens (tertiary/aromatic N) is 2. The van der Waals surface area contributed by atoms with Crippen molar-refractivity contribution < 1.29 is 22.8 Å². The van der Waals surface area contributed by atoms with Crippen molar-refractivity contribution in [3.05, 3.63) is 71.3 Å². The lowest BCUT2D eigenvalue weighted by Crippen LogP contribution is -2.38.